The Morgan fingerprint density at radius 1 is 0.923 bits per heavy atom. The summed E-state index contributed by atoms with van der Waals surface area (Å²) in [6.45, 7) is 0. The first kappa shape index (κ1) is 29.9. The van der Waals surface area contributed by atoms with Crippen molar-refractivity contribution in [2.45, 2.75) is 0 Å². The van der Waals surface area contributed by atoms with E-state index < -0.39 is 18.1 Å². The van der Waals surface area contributed by atoms with Gasteiger partial charge in [-0.15, -0.1) is 0 Å². The van der Waals surface area contributed by atoms with Crippen LogP contribution in [0.25, 0.3) is 0 Å². The molecule has 0 spiro atoms. The Hall–Kier alpha value is 3.32. The SMILES string of the molecule is O=S([O-])(O)=S.O=S([O-])(O)=S.[Au+].[Na+].[Na+]. The van der Waals surface area contributed by atoms with Crippen LogP contribution in [0.3, 0.4) is 0 Å². The van der Waals surface area contributed by atoms with Gasteiger partial charge in [-0.05, 0) is 22.4 Å². The van der Waals surface area contributed by atoms with Crippen molar-refractivity contribution in [3.63, 3.8) is 0 Å². The molecule has 13 heavy (non-hydrogen) atoms. The van der Waals surface area contributed by atoms with Crippen LogP contribution in [0.15, 0.2) is 0 Å². The van der Waals surface area contributed by atoms with Crippen molar-refractivity contribution in [3.8, 4) is 0 Å². The third-order valence-corrected chi connectivity index (χ3v) is 0. The van der Waals surface area contributed by atoms with Gasteiger partial charge in [0.05, 0.1) is 18.1 Å². The maximum Gasteiger partial charge on any atom is 1.00 e. The summed E-state index contributed by atoms with van der Waals surface area (Å²) >= 11 is 6.71. The molecular weight excluding hydrogens is 467 g/mol. The smallest absolute Gasteiger partial charge is 0.748 e. The maximum atomic E-state index is 9.00. The zero-order chi connectivity index (χ0) is 9.00. The normalized spacial score (nSPS) is 16.3. The second kappa shape index (κ2) is 13.4. The third-order valence-electron chi connectivity index (χ3n) is 0. The van der Waals surface area contributed by atoms with Crippen molar-refractivity contribution in [1.82, 2.24) is 0 Å². The van der Waals surface area contributed by atoms with Gasteiger partial charge in [-0.3, -0.25) is 0 Å². The van der Waals surface area contributed by atoms with Crippen LogP contribution in [0.2, 0.25) is 0 Å². The molecule has 0 bridgehead atoms. The van der Waals surface area contributed by atoms with Gasteiger partial charge in [0.1, 0.15) is 0 Å². The van der Waals surface area contributed by atoms with E-state index in [-0.39, 0.29) is 81.5 Å². The van der Waals surface area contributed by atoms with Gasteiger partial charge in [0.2, 0.25) is 0 Å². The Morgan fingerprint density at radius 2 is 0.923 bits per heavy atom. The van der Waals surface area contributed by atoms with Gasteiger partial charge < -0.3 is 18.2 Å². The summed E-state index contributed by atoms with van der Waals surface area (Å²) in [7, 11) is -8.17. The molecule has 0 fully saturated rings. The summed E-state index contributed by atoms with van der Waals surface area (Å²) in [4.78, 5) is 0. The standard InChI is InChI=1S/Au.2Na.2H2O3S2/c;;;2*1-5(2,3)4/h;;;2*(H2,1,2,3,4)/q3*+1;;/p-2. The summed E-state index contributed by atoms with van der Waals surface area (Å²) < 4.78 is 50.6. The van der Waals surface area contributed by atoms with Gasteiger partial charge >= 0.3 is 81.5 Å². The van der Waals surface area contributed by atoms with Gasteiger partial charge in [-0.1, -0.05) is 0 Å². The molecule has 0 aliphatic carbocycles. The van der Waals surface area contributed by atoms with E-state index in [9.17, 15) is 0 Å². The summed E-state index contributed by atoms with van der Waals surface area (Å²) in [5, 5.41) is 0. The average Bonchev–Trinajstić information content (AvgIpc) is 1.12. The average molecular weight is 469 g/mol. The third kappa shape index (κ3) is 247. The van der Waals surface area contributed by atoms with E-state index in [0.29, 0.717) is 0 Å². The van der Waals surface area contributed by atoms with E-state index in [2.05, 4.69) is 22.4 Å². The van der Waals surface area contributed by atoms with Crippen LogP contribution in [-0.2, 0) is 62.9 Å². The molecule has 0 amide bonds. The molecule has 0 heterocycles. The molecule has 2 N–H and O–H groups in total. The fourth-order valence-electron chi connectivity index (χ4n) is 0. The molecule has 6 nitrogen and oxygen atoms in total. The number of rotatable bonds is 0. The van der Waals surface area contributed by atoms with E-state index in [1.807, 2.05) is 0 Å². The molecule has 0 rings (SSSR count). The molecule has 0 radical (unpaired) electrons. The minimum Gasteiger partial charge on any atom is -0.748 e. The second-order valence-electron chi connectivity index (χ2n) is 0.855. The predicted octanol–water partition coefficient (Wildman–Crippen LogP) is -7.32. The number of hydrogen-bond donors (Lipinski definition) is 2. The summed E-state index contributed by atoms with van der Waals surface area (Å²) in [5.74, 6) is 0. The monoisotopic (exact) mass is 469 g/mol. The van der Waals surface area contributed by atoms with Gasteiger partial charge in [0, 0.05) is 0 Å². The Balaban J connectivity index is -0.0000000267. The molecule has 2 atom stereocenters. The zero-order valence-corrected chi connectivity index (χ0v) is 15.9. The van der Waals surface area contributed by atoms with Crippen LogP contribution in [-0.4, -0.2) is 26.6 Å². The van der Waals surface area contributed by atoms with Crippen molar-refractivity contribution < 1.29 is 108 Å². The van der Waals surface area contributed by atoms with Crippen LogP contribution in [0.1, 0.15) is 0 Å². The minimum atomic E-state index is -4.08. The molecule has 0 saturated heterocycles. The molecule has 0 aromatic rings. The Morgan fingerprint density at radius 3 is 0.923 bits per heavy atom. The Kier molecular flexibility index (Phi) is 30.8. The quantitative estimate of drug-likeness (QED) is 0.336. The fraction of sp³-hybridized carbons (Fsp3) is 0. The van der Waals surface area contributed by atoms with E-state index in [1.165, 1.54) is 0 Å². The van der Waals surface area contributed by atoms with E-state index >= 15 is 0 Å². The van der Waals surface area contributed by atoms with Crippen molar-refractivity contribution >= 4 is 40.5 Å². The van der Waals surface area contributed by atoms with Crippen molar-refractivity contribution in [1.29, 1.82) is 0 Å². The summed E-state index contributed by atoms with van der Waals surface area (Å²) in [6, 6.07) is 0. The topological polar surface area (TPSA) is 121 Å². The summed E-state index contributed by atoms with van der Waals surface area (Å²) in [6.07, 6.45) is 0. The van der Waals surface area contributed by atoms with Crippen LogP contribution >= 0.6 is 0 Å². The second-order valence-corrected chi connectivity index (χ2v) is 5.09. The first-order valence-electron chi connectivity index (χ1n) is 1.37. The van der Waals surface area contributed by atoms with Gasteiger partial charge in [-0.25, -0.2) is 8.42 Å². The minimum absolute atomic E-state index is 0. The molecule has 0 aliphatic heterocycles. The fourth-order valence-corrected chi connectivity index (χ4v) is 0. The van der Waals surface area contributed by atoms with Gasteiger partial charge in [0.25, 0.3) is 0 Å². The summed E-state index contributed by atoms with van der Waals surface area (Å²) in [5.41, 5.74) is 0. The van der Waals surface area contributed by atoms with E-state index in [0.717, 1.165) is 0 Å². The Labute approximate surface area is 146 Å². The van der Waals surface area contributed by atoms with Crippen LogP contribution in [0.5, 0.6) is 0 Å². The van der Waals surface area contributed by atoms with Gasteiger partial charge in [-0.2, -0.15) is 0 Å². The van der Waals surface area contributed by atoms with Crippen molar-refractivity contribution in [2.24, 2.45) is 0 Å². The Bertz CT molecular complexity index is 219. The number of hydrogen-bond acceptors (Lipinski definition) is 6. The zero-order valence-electron chi connectivity index (χ0n) is 6.46. The molecule has 74 valence electrons. The van der Waals surface area contributed by atoms with E-state index in [1.54, 1.807) is 0 Å². The molecule has 2 unspecified atom stereocenters. The van der Waals surface area contributed by atoms with Crippen LogP contribution in [0.4, 0.5) is 0 Å². The van der Waals surface area contributed by atoms with Crippen molar-refractivity contribution in [3.05, 3.63) is 0 Å². The molecular formula is H2AuNa2O6S4+. The van der Waals surface area contributed by atoms with Crippen molar-refractivity contribution in [2.75, 3.05) is 0 Å². The van der Waals surface area contributed by atoms with Crippen LogP contribution in [0, 0.1) is 0 Å². The molecule has 13 heteroatoms. The maximum absolute atomic E-state index is 9.00. The molecule has 0 saturated carbocycles. The largest absolute Gasteiger partial charge is 1.00 e. The van der Waals surface area contributed by atoms with Gasteiger partial charge in [0.15, 0.2) is 0 Å². The molecule has 0 aliphatic rings. The molecule has 0 aromatic carbocycles. The first-order chi connectivity index (χ1) is 4.00. The first-order valence-corrected chi connectivity index (χ1v) is 6.10. The predicted molar refractivity (Wildman–Crippen MR) is 37.8 cm³/mol. The van der Waals surface area contributed by atoms with E-state index in [4.69, 9.17) is 26.6 Å². The molecule has 0 aromatic heterocycles. The van der Waals surface area contributed by atoms with Crippen LogP contribution < -0.4 is 59.1 Å².